The first-order chi connectivity index (χ1) is 8.10. The van der Waals surface area contributed by atoms with E-state index in [1.54, 1.807) is 0 Å². The zero-order valence-electron chi connectivity index (χ0n) is 9.82. The summed E-state index contributed by atoms with van der Waals surface area (Å²) >= 11 is 0. The second kappa shape index (κ2) is 4.70. The number of amides is 1. The molecule has 0 bridgehead atoms. The number of hydrogen-bond acceptors (Lipinski definition) is 5. The number of ether oxygens (including phenoxy) is 1. The Bertz CT molecular complexity index is 397. The molecule has 94 valence electrons. The molecule has 0 aromatic carbocycles. The van der Waals surface area contributed by atoms with Gasteiger partial charge < -0.3 is 15.8 Å². The lowest BCUT2D eigenvalue weighted by molar-refractivity contribution is -0.150. The molecule has 1 aliphatic heterocycles. The van der Waals surface area contributed by atoms with E-state index in [2.05, 4.69) is 20.5 Å². The minimum atomic E-state index is -0.718. The van der Waals surface area contributed by atoms with Gasteiger partial charge in [-0.3, -0.25) is 9.89 Å². The molecule has 0 aliphatic carbocycles. The van der Waals surface area contributed by atoms with Crippen molar-refractivity contribution in [1.82, 2.24) is 20.5 Å². The zero-order chi connectivity index (χ0) is 12.3. The van der Waals surface area contributed by atoms with Gasteiger partial charge in [-0.05, 0) is 26.2 Å². The molecule has 1 amide bonds. The van der Waals surface area contributed by atoms with Crippen molar-refractivity contribution in [2.75, 3.05) is 12.3 Å². The Morgan fingerprint density at radius 2 is 2.47 bits per heavy atom. The summed E-state index contributed by atoms with van der Waals surface area (Å²) in [6.07, 6.45) is 2.78. The number of carbonyl (C=O) groups is 1. The molecule has 4 N–H and O–H groups in total. The number of aromatic nitrogens is 3. The summed E-state index contributed by atoms with van der Waals surface area (Å²) in [5.74, 6) is 0.594. The first-order valence-electron chi connectivity index (χ1n) is 5.69. The number of hydrogen-bond donors (Lipinski definition) is 3. The van der Waals surface area contributed by atoms with Crippen molar-refractivity contribution >= 4 is 11.9 Å². The number of nitrogens with zero attached hydrogens (tertiary/aromatic N) is 2. The highest BCUT2D eigenvalue weighted by Gasteiger charge is 2.35. The fourth-order valence-electron chi connectivity index (χ4n) is 1.85. The van der Waals surface area contributed by atoms with E-state index in [9.17, 15) is 4.79 Å². The van der Waals surface area contributed by atoms with Gasteiger partial charge in [-0.15, -0.1) is 5.10 Å². The van der Waals surface area contributed by atoms with Crippen molar-refractivity contribution in [3.63, 3.8) is 0 Å². The van der Waals surface area contributed by atoms with E-state index in [0.29, 0.717) is 12.4 Å². The van der Waals surface area contributed by atoms with Crippen LogP contribution in [0.2, 0.25) is 0 Å². The molecule has 0 saturated carbocycles. The van der Waals surface area contributed by atoms with Gasteiger partial charge in [0.2, 0.25) is 5.95 Å². The predicted octanol–water partition coefficient (Wildman–Crippen LogP) is -0.0377. The SMILES string of the molecule is C[C@@]1(C(=O)NCc2nc(N)n[nH]2)CCCCO1. The molecule has 2 rings (SSSR count). The number of H-pyrrole nitrogens is 1. The maximum atomic E-state index is 12.0. The van der Waals surface area contributed by atoms with E-state index in [0.717, 1.165) is 19.3 Å². The summed E-state index contributed by atoms with van der Waals surface area (Å²) in [5.41, 5.74) is 4.64. The van der Waals surface area contributed by atoms with Crippen LogP contribution in [0.15, 0.2) is 0 Å². The van der Waals surface area contributed by atoms with Crippen LogP contribution >= 0.6 is 0 Å². The van der Waals surface area contributed by atoms with Crippen molar-refractivity contribution < 1.29 is 9.53 Å². The Morgan fingerprint density at radius 1 is 1.65 bits per heavy atom. The van der Waals surface area contributed by atoms with Gasteiger partial charge in [-0.25, -0.2) is 0 Å². The van der Waals surface area contributed by atoms with Gasteiger partial charge >= 0.3 is 0 Å². The normalized spacial score (nSPS) is 24.5. The van der Waals surface area contributed by atoms with Crippen LogP contribution in [0.25, 0.3) is 0 Å². The van der Waals surface area contributed by atoms with Crippen LogP contribution in [0.4, 0.5) is 5.95 Å². The number of anilines is 1. The lowest BCUT2D eigenvalue weighted by atomic mass is 9.95. The third kappa shape index (κ3) is 2.73. The highest BCUT2D eigenvalue weighted by molar-refractivity contribution is 5.84. The van der Waals surface area contributed by atoms with Gasteiger partial charge in [0, 0.05) is 6.61 Å². The molecule has 1 aliphatic rings. The Labute approximate surface area is 99.1 Å². The summed E-state index contributed by atoms with van der Waals surface area (Å²) in [6, 6.07) is 0. The summed E-state index contributed by atoms with van der Waals surface area (Å²) in [7, 11) is 0. The number of nitrogens with one attached hydrogen (secondary N) is 2. The first-order valence-corrected chi connectivity index (χ1v) is 5.69. The molecule has 17 heavy (non-hydrogen) atoms. The number of nitrogen functional groups attached to an aromatic ring is 1. The second-order valence-electron chi connectivity index (χ2n) is 4.36. The number of nitrogens with two attached hydrogens (primary N) is 1. The van der Waals surface area contributed by atoms with E-state index in [-0.39, 0.29) is 18.4 Å². The molecule has 7 heteroatoms. The molecule has 0 spiro atoms. The standard InChI is InChI=1S/C10H17N5O2/c1-10(4-2-3-5-17-10)8(16)12-6-7-13-9(11)15-14-7/h2-6H2,1H3,(H,12,16)(H3,11,13,14,15)/t10-/m0/s1. The van der Waals surface area contributed by atoms with Gasteiger partial charge in [-0.1, -0.05) is 0 Å². The molecule has 0 unspecified atom stereocenters. The highest BCUT2D eigenvalue weighted by Crippen LogP contribution is 2.24. The van der Waals surface area contributed by atoms with Crippen molar-refractivity contribution in [2.45, 2.75) is 38.3 Å². The fraction of sp³-hybridized carbons (Fsp3) is 0.700. The lowest BCUT2D eigenvalue weighted by Gasteiger charge is -2.32. The number of rotatable bonds is 3. The summed E-state index contributed by atoms with van der Waals surface area (Å²) in [4.78, 5) is 15.9. The number of aromatic amines is 1. The summed E-state index contributed by atoms with van der Waals surface area (Å²) in [6.45, 7) is 2.73. The Balaban J connectivity index is 1.88. The van der Waals surface area contributed by atoms with Crippen LogP contribution in [0.5, 0.6) is 0 Å². The van der Waals surface area contributed by atoms with Crippen LogP contribution in [-0.4, -0.2) is 33.3 Å². The van der Waals surface area contributed by atoms with Crippen molar-refractivity contribution in [2.24, 2.45) is 0 Å². The summed E-state index contributed by atoms with van der Waals surface area (Å²) in [5, 5.41) is 9.09. The lowest BCUT2D eigenvalue weighted by Crippen LogP contribution is -2.48. The van der Waals surface area contributed by atoms with Gasteiger partial charge in [0.15, 0.2) is 0 Å². The Morgan fingerprint density at radius 3 is 3.06 bits per heavy atom. The average Bonchev–Trinajstić information content (AvgIpc) is 2.73. The molecule has 2 heterocycles. The van der Waals surface area contributed by atoms with Crippen LogP contribution in [0, 0.1) is 0 Å². The Hall–Kier alpha value is -1.63. The topological polar surface area (TPSA) is 106 Å². The maximum absolute atomic E-state index is 12.0. The monoisotopic (exact) mass is 239 g/mol. The van der Waals surface area contributed by atoms with Crippen LogP contribution in [0.1, 0.15) is 32.0 Å². The van der Waals surface area contributed by atoms with Crippen molar-refractivity contribution in [3.8, 4) is 0 Å². The molecule has 1 aromatic rings. The number of carbonyl (C=O) groups excluding carboxylic acids is 1. The molecule has 0 radical (unpaired) electrons. The largest absolute Gasteiger partial charge is 0.367 e. The molecular weight excluding hydrogens is 222 g/mol. The third-order valence-corrected chi connectivity index (χ3v) is 2.91. The van der Waals surface area contributed by atoms with E-state index in [4.69, 9.17) is 10.5 Å². The fourth-order valence-corrected chi connectivity index (χ4v) is 1.85. The summed E-state index contributed by atoms with van der Waals surface area (Å²) < 4.78 is 5.54. The van der Waals surface area contributed by atoms with Crippen LogP contribution in [-0.2, 0) is 16.1 Å². The third-order valence-electron chi connectivity index (χ3n) is 2.91. The van der Waals surface area contributed by atoms with Crippen LogP contribution < -0.4 is 11.1 Å². The zero-order valence-corrected chi connectivity index (χ0v) is 9.82. The van der Waals surface area contributed by atoms with Gasteiger partial charge in [-0.2, -0.15) is 4.98 Å². The maximum Gasteiger partial charge on any atom is 0.252 e. The quantitative estimate of drug-likeness (QED) is 0.686. The molecule has 1 saturated heterocycles. The molecule has 1 aromatic heterocycles. The van der Waals surface area contributed by atoms with Crippen molar-refractivity contribution in [3.05, 3.63) is 5.82 Å². The van der Waals surface area contributed by atoms with E-state index >= 15 is 0 Å². The minimum Gasteiger partial charge on any atom is -0.367 e. The Kier molecular flexibility index (Phi) is 3.28. The van der Waals surface area contributed by atoms with Crippen LogP contribution in [0.3, 0.4) is 0 Å². The highest BCUT2D eigenvalue weighted by atomic mass is 16.5. The average molecular weight is 239 g/mol. The van der Waals surface area contributed by atoms with Crippen molar-refractivity contribution in [1.29, 1.82) is 0 Å². The molecule has 1 atom stereocenters. The van der Waals surface area contributed by atoms with E-state index < -0.39 is 5.60 Å². The van der Waals surface area contributed by atoms with E-state index in [1.807, 2.05) is 6.92 Å². The molecular formula is C10H17N5O2. The predicted molar refractivity (Wildman–Crippen MR) is 60.8 cm³/mol. The van der Waals surface area contributed by atoms with Gasteiger partial charge in [0.1, 0.15) is 11.4 Å². The second-order valence-corrected chi connectivity index (χ2v) is 4.36. The smallest absolute Gasteiger partial charge is 0.252 e. The van der Waals surface area contributed by atoms with E-state index in [1.165, 1.54) is 0 Å². The van der Waals surface area contributed by atoms with Gasteiger partial charge in [0.05, 0.1) is 6.54 Å². The molecule has 7 nitrogen and oxygen atoms in total. The minimum absolute atomic E-state index is 0.118. The first kappa shape index (κ1) is 11.8. The molecule has 1 fully saturated rings. The van der Waals surface area contributed by atoms with Gasteiger partial charge in [0.25, 0.3) is 5.91 Å².